The number of hydrogen-bond acceptors (Lipinski definition) is 4. The number of rotatable bonds is 6. The molecule has 8 heteroatoms. The molecule has 0 heterocycles. The predicted molar refractivity (Wildman–Crippen MR) is 95.6 cm³/mol. The number of nitrogens with one attached hydrogen (secondary N) is 2. The van der Waals surface area contributed by atoms with Crippen LogP contribution in [0.2, 0.25) is 0 Å². The van der Waals surface area contributed by atoms with Gasteiger partial charge in [-0.1, -0.05) is 34.1 Å². The lowest BCUT2D eigenvalue weighted by molar-refractivity contribution is -0.120. The number of carbonyl (C=O) groups excluding carboxylic acids is 2. The van der Waals surface area contributed by atoms with Crippen molar-refractivity contribution in [2.45, 2.75) is 0 Å². The summed E-state index contributed by atoms with van der Waals surface area (Å²) in [5.74, 6) is -1.87. The maximum absolute atomic E-state index is 11.9. The lowest BCUT2D eigenvalue weighted by Crippen LogP contribution is -2.34. The van der Waals surface area contributed by atoms with E-state index in [2.05, 4.69) is 31.8 Å². The van der Waals surface area contributed by atoms with Gasteiger partial charge in [-0.2, -0.15) is 5.10 Å². The molecule has 0 bridgehead atoms. The lowest BCUT2D eigenvalue weighted by atomic mass is 10.1. The van der Waals surface area contributed by atoms with Crippen molar-refractivity contribution in [1.82, 2.24) is 10.7 Å². The van der Waals surface area contributed by atoms with E-state index in [4.69, 9.17) is 5.11 Å². The van der Waals surface area contributed by atoms with Gasteiger partial charge in [0.25, 0.3) is 11.8 Å². The second-order valence-corrected chi connectivity index (χ2v) is 5.83. The van der Waals surface area contributed by atoms with Crippen LogP contribution in [0.1, 0.15) is 26.3 Å². The Morgan fingerprint density at radius 2 is 1.80 bits per heavy atom. The molecular formula is C17H14BrN3O4. The Hall–Kier alpha value is -3.00. The molecule has 0 aliphatic carbocycles. The molecule has 0 atom stereocenters. The SMILES string of the molecule is O=C(CNC(=O)c1cccc(Br)c1)NN=Cc1ccc(C(=O)O)cc1. The van der Waals surface area contributed by atoms with Gasteiger partial charge in [0.15, 0.2) is 0 Å². The van der Waals surface area contributed by atoms with Crippen LogP contribution in [0.5, 0.6) is 0 Å². The minimum absolute atomic E-state index is 0.163. The minimum atomic E-state index is -1.02. The fourth-order valence-corrected chi connectivity index (χ4v) is 2.22. The van der Waals surface area contributed by atoms with Crippen LogP contribution in [0.3, 0.4) is 0 Å². The van der Waals surface area contributed by atoms with Crippen LogP contribution in [0.4, 0.5) is 0 Å². The molecule has 0 unspecified atom stereocenters. The van der Waals surface area contributed by atoms with Gasteiger partial charge in [-0.3, -0.25) is 9.59 Å². The van der Waals surface area contributed by atoms with E-state index in [0.717, 1.165) is 4.47 Å². The second kappa shape index (κ2) is 8.74. The third kappa shape index (κ3) is 5.85. The first-order valence-corrected chi connectivity index (χ1v) is 7.94. The van der Waals surface area contributed by atoms with E-state index in [9.17, 15) is 14.4 Å². The first-order chi connectivity index (χ1) is 12.0. The summed E-state index contributed by atoms with van der Waals surface area (Å²) in [6.07, 6.45) is 1.37. The highest BCUT2D eigenvalue weighted by molar-refractivity contribution is 9.10. The van der Waals surface area contributed by atoms with Crippen LogP contribution in [-0.4, -0.2) is 35.6 Å². The van der Waals surface area contributed by atoms with Crippen LogP contribution >= 0.6 is 15.9 Å². The van der Waals surface area contributed by atoms with Gasteiger partial charge < -0.3 is 10.4 Å². The van der Waals surface area contributed by atoms with Crippen LogP contribution in [0.15, 0.2) is 58.1 Å². The number of hydrazone groups is 1. The molecule has 0 saturated heterocycles. The van der Waals surface area contributed by atoms with Crippen molar-refractivity contribution in [3.05, 3.63) is 69.7 Å². The Labute approximate surface area is 151 Å². The molecule has 2 rings (SSSR count). The van der Waals surface area contributed by atoms with Crippen molar-refractivity contribution in [2.75, 3.05) is 6.54 Å². The average molecular weight is 404 g/mol. The van der Waals surface area contributed by atoms with Gasteiger partial charge in [-0.05, 0) is 35.9 Å². The fraction of sp³-hybridized carbons (Fsp3) is 0.0588. The highest BCUT2D eigenvalue weighted by atomic mass is 79.9. The van der Waals surface area contributed by atoms with Crippen LogP contribution in [0.25, 0.3) is 0 Å². The summed E-state index contributed by atoms with van der Waals surface area (Å²) >= 11 is 3.27. The van der Waals surface area contributed by atoms with Gasteiger partial charge in [0.05, 0.1) is 18.3 Å². The van der Waals surface area contributed by atoms with E-state index in [0.29, 0.717) is 11.1 Å². The molecule has 0 radical (unpaired) electrons. The van der Waals surface area contributed by atoms with E-state index in [1.54, 1.807) is 36.4 Å². The predicted octanol–water partition coefficient (Wildman–Crippen LogP) is 2.03. The zero-order valence-electron chi connectivity index (χ0n) is 12.9. The Kier molecular flexibility index (Phi) is 6.41. The summed E-state index contributed by atoms with van der Waals surface area (Å²) in [6, 6.07) is 12.8. The third-order valence-corrected chi connectivity index (χ3v) is 3.55. The normalized spacial score (nSPS) is 10.4. The zero-order chi connectivity index (χ0) is 18.2. The third-order valence-electron chi connectivity index (χ3n) is 3.06. The highest BCUT2D eigenvalue weighted by Crippen LogP contribution is 2.11. The molecule has 2 aromatic carbocycles. The number of nitrogens with zero attached hydrogens (tertiary/aromatic N) is 1. The van der Waals surface area contributed by atoms with Crippen molar-refractivity contribution < 1.29 is 19.5 Å². The molecule has 2 aromatic rings. The monoisotopic (exact) mass is 403 g/mol. The van der Waals surface area contributed by atoms with E-state index in [-0.39, 0.29) is 18.0 Å². The number of carboxylic acid groups (broad SMARTS) is 1. The maximum atomic E-state index is 11.9. The highest BCUT2D eigenvalue weighted by Gasteiger charge is 2.07. The topological polar surface area (TPSA) is 108 Å². The molecule has 0 aliphatic heterocycles. The minimum Gasteiger partial charge on any atom is -0.478 e. The molecule has 0 aromatic heterocycles. The Bertz CT molecular complexity index is 819. The lowest BCUT2D eigenvalue weighted by Gasteiger charge is -2.04. The van der Waals surface area contributed by atoms with E-state index in [1.807, 2.05) is 0 Å². The van der Waals surface area contributed by atoms with Gasteiger partial charge in [-0.15, -0.1) is 0 Å². The molecule has 0 aliphatic rings. The smallest absolute Gasteiger partial charge is 0.335 e. The quantitative estimate of drug-likeness (QED) is 0.506. The molecule has 7 nitrogen and oxygen atoms in total. The first kappa shape index (κ1) is 18.3. The zero-order valence-corrected chi connectivity index (χ0v) is 14.5. The Morgan fingerprint density at radius 1 is 1.08 bits per heavy atom. The molecule has 0 spiro atoms. The number of carboxylic acids is 1. The molecule has 0 saturated carbocycles. The Morgan fingerprint density at radius 3 is 2.44 bits per heavy atom. The van der Waals surface area contributed by atoms with Crippen molar-refractivity contribution in [2.24, 2.45) is 5.10 Å². The summed E-state index contributed by atoms with van der Waals surface area (Å²) in [5.41, 5.74) is 3.50. The number of hydrogen-bond donors (Lipinski definition) is 3. The maximum Gasteiger partial charge on any atom is 0.335 e. The van der Waals surface area contributed by atoms with Gasteiger partial charge in [0.1, 0.15) is 0 Å². The number of amides is 2. The molecule has 2 amide bonds. The van der Waals surface area contributed by atoms with E-state index < -0.39 is 11.9 Å². The van der Waals surface area contributed by atoms with Crippen molar-refractivity contribution in [3.8, 4) is 0 Å². The van der Waals surface area contributed by atoms with Crippen LogP contribution in [0, 0.1) is 0 Å². The fourth-order valence-electron chi connectivity index (χ4n) is 1.82. The molecule has 128 valence electrons. The van der Waals surface area contributed by atoms with Crippen molar-refractivity contribution in [1.29, 1.82) is 0 Å². The summed E-state index contributed by atoms with van der Waals surface area (Å²) < 4.78 is 0.767. The second-order valence-electron chi connectivity index (χ2n) is 4.91. The van der Waals surface area contributed by atoms with E-state index in [1.165, 1.54) is 18.3 Å². The number of halogens is 1. The van der Waals surface area contributed by atoms with Gasteiger partial charge in [-0.25, -0.2) is 10.2 Å². The van der Waals surface area contributed by atoms with Crippen molar-refractivity contribution in [3.63, 3.8) is 0 Å². The number of aromatic carboxylic acids is 1. The van der Waals surface area contributed by atoms with Crippen molar-refractivity contribution >= 4 is 39.9 Å². The standard InChI is InChI=1S/C17H14BrN3O4/c18-14-3-1-2-13(8-14)16(23)19-10-15(22)21-20-9-11-4-6-12(7-5-11)17(24)25/h1-9H,10H2,(H,19,23)(H,21,22)(H,24,25). The molecular weight excluding hydrogens is 390 g/mol. The number of benzene rings is 2. The van der Waals surface area contributed by atoms with Gasteiger partial charge >= 0.3 is 5.97 Å². The van der Waals surface area contributed by atoms with Crippen LogP contribution < -0.4 is 10.7 Å². The summed E-state index contributed by atoms with van der Waals surface area (Å²) in [4.78, 5) is 34.3. The largest absolute Gasteiger partial charge is 0.478 e. The summed E-state index contributed by atoms with van der Waals surface area (Å²) in [6.45, 7) is -0.222. The van der Waals surface area contributed by atoms with Crippen LogP contribution in [-0.2, 0) is 4.79 Å². The van der Waals surface area contributed by atoms with E-state index >= 15 is 0 Å². The molecule has 25 heavy (non-hydrogen) atoms. The molecule has 0 fully saturated rings. The first-order valence-electron chi connectivity index (χ1n) is 7.15. The average Bonchev–Trinajstić information content (AvgIpc) is 2.60. The Balaban J connectivity index is 1.80. The number of carbonyl (C=O) groups is 3. The summed E-state index contributed by atoms with van der Waals surface area (Å²) in [7, 11) is 0. The summed E-state index contributed by atoms with van der Waals surface area (Å²) in [5, 5.41) is 15.0. The van der Waals surface area contributed by atoms with Gasteiger partial charge in [0, 0.05) is 10.0 Å². The molecule has 3 N–H and O–H groups in total. The van der Waals surface area contributed by atoms with Gasteiger partial charge in [0.2, 0.25) is 0 Å².